The van der Waals surface area contributed by atoms with Crippen LogP contribution in [0.2, 0.25) is 0 Å². The van der Waals surface area contributed by atoms with Crippen molar-refractivity contribution in [1.82, 2.24) is 0 Å². The largest absolute Gasteiger partial charge is 0.235 e. The second-order valence-electron chi connectivity index (χ2n) is 3.71. The molecule has 0 saturated carbocycles. The number of allylic oxidation sites excluding steroid dienone is 1. The van der Waals surface area contributed by atoms with Gasteiger partial charge in [0.2, 0.25) is 6.08 Å². The van der Waals surface area contributed by atoms with Crippen molar-refractivity contribution in [2.75, 3.05) is 0 Å². The van der Waals surface area contributed by atoms with E-state index < -0.39 is 0 Å². The van der Waals surface area contributed by atoms with Crippen LogP contribution >= 0.6 is 0 Å². The van der Waals surface area contributed by atoms with E-state index in [-0.39, 0.29) is 0 Å². The Balaban J connectivity index is 3.20. The first-order valence-corrected chi connectivity index (χ1v) is 4.86. The van der Waals surface area contributed by atoms with Crippen LogP contribution < -0.4 is 0 Å². The van der Waals surface area contributed by atoms with E-state index in [1.54, 1.807) is 6.08 Å². The molecule has 0 heterocycles. The summed E-state index contributed by atoms with van der Waals surface area (Å²) in [5.41, 5.74) is 5.68. The van der Waals surface area contributed by atoms with Crippen LogP contribution in [0, 0.1) is 13.8 Å². The molecule has 0 fully saturated rings. The number of nitrogens with zero attached hydrogens (tertiary/aromatic N) is 1. The highest BCUT2D eigenvalue weighted by Crippen LogP contribution is 2.23. The van der Waals surface area contributed by atoms with E-state index in [9.17, 15) is 4.79 Å². The highest BCUT2D eigenvalue weighted by atomic mass is 16.1. The molecule has 0 amide bonds. The Morgan fingerprint density at radius 2 is 2.07 bits per heavy atom. The third-order valence-corrected chi connectivity index (χ3v) is 2.67. The summed E-state index contributed by atoms with van der Waals surface area (Å²) in [4.78, 5) is 13.6. The van der Waals surface area contributed by atoms with E-state index >= 15 is 0 Å². The number of isocyanates is 1. The van der Waals surface area contributed by atoms with E-state index in [2.05, 4.69) is 18.5 Å². The van der Waals surface area contributed by atoms with Gasteiger partial charge in [-0.1, -0.05) is 24.3 Å². The minimum atomic E-state index is 0.409. The van der Waals surface area contributed by atoms with E-state index in [1.807, 2.05) is 26.0 Å². The summed E-state index contributed by atoms with van der Waals surface area (Å²) in [6.07, 6.45) is 1.56. The summed E-state index contributed by atoms with van der Waals surface area (Å²) >= 11 is 0. The number of carbonyl (C=O) groups excluding carboxylic acids is 1. The van der Waals surface area contributed by atoms with Gasteiger partial charge in [-0.2, -0.15) is 0 Å². The predicted octanol–water partition coefficient (Wildman–Crippen LogP) is 3.17. The average molecular weight is 201 g/mol. The third-order valence-electron chi connectivity index (χ3n) is 2.67. The highest BCUT2D eigenvalue weighted by Gasteiger charge is 2.05. The fourth-order valence-electron chi connectivity index (χ4n) is 1.63. The van der Waals surface area contributed by atoms with Gasteiger partial charge >= 0.3 is 0 Å². The Kier molecular flexibility index (Phi) is 3.59. The van der Waals surface area contributed by atoms with Gasteiger partial charge < -0.3 is 0 Å². The van der Waals surface area contributed by atoms with Gasteiger partial charge in [-0.3, -0.25) is 0 Å². The molecule has 0 aliphatic heterocycles. The molecule has 2 nitrogen and oxygen atoms in total. The first kappa shape index (κ1) is 11.4. The van der Waals surface area contributed by atoms with E-state index in [1.165, 1.54) is 16.7 Å². The molecular formula is C13H15NO. The smallest absolute Gasteiger partial charge is 0.211 e. The average Bonchev–Trinajstić information content (AvgIpc) is 2.20. The van der Waals surface area contributed by atoms with E-state index in [0.29, 0.717) is 6.54 Å². The second kappa shape index (κ2) is 4.72. The fraction of sp³-hybridized carbons (Fsp3) is 0.308. The number of hydrogen-bond acceptors (Lipinski definition) is 2. The molecule has 2 heteroatoms. The first-order chi connectivity index (χ1) is 7.07. The van der Waals surface area contributed by atoms with Crippen molar-refractivity contribution in [2.24, 2.45) is 4.99 Å². The van der Waals surface area contributed by atoms with Gasteiger partial charge in [0.1, 0.15) is 0 Å². The van der Waals surface area contributed by atoms with Gasteiger partial charge in [0.05, 0.1) is 6.54 Å². The van der Waals surface area contributed by atoms with Crippen LogP contribution in [-0.2, 0) is 11.3 Å². The van der Waals surface area contributed by atoms with Gasteiger partial charge in [-0.05, 0) is 43.0 Å². The molecule has 1 aromatic rings. The molecule has 0 aliphatic carbocycles. The molecule has 0 saturated heterocycles. The van der Waals surface area contributed by atoms with Crippen molar-refractivity contribution in [3.63, 3.8) is 0 Å². The summed E-state index contributed by atoms with van der Waals surface area (Å²) in [5.74, 6) is 0. The standard InChI is InChI=1S/C13H15NO/c1-9(2)13-6-5-12(7-14-8-15)10(3)11(13)4/h5-6H,1,7H2,2-4H3. The Hall–Kier alpha value is -1.66. The van der Waals surface area contributed by atoms with Crippen LogP contribution in [0.5, 0.6) is 0 Å². The molecule has 0 unspecified atom stereocenters. The summed E-state index contributed by atoms with van der Waals surface area (Å²) in [6.45, 7) is 10.4. The molecule has 1 aromatic carbocycles. The molecule has 78 valence electrons. The zero-order chi connectivity index (χ0) is 11.4. The molecule has 0 aromatic heterocycles. The van der Waals surface area contributed by atoms with Crippen LogP contribution in [0.3, 0.4) is 0 Å². The lowest BCUT2D eigenvalue weighted by atomic mass is 9.95. The molecule has 0 spiro atoms. The van der Waals surface area contributed by atoms with Crippen molar-refractivity contribution in [3.8, 4) is 0 Å². The van der Waals surface area contributed by atoms with Crippen LogP contribution in [0.25, 0.3) is 5.57 Å². The second-order valence-corrected chi connectivity index (χ2v) is 3.71. The zero-order valence-corrected chi connectivity index (χ0v) is 9.42. The Labute approximate surface area is 90.4 Å². The number of rotatable bonds is 3. The number of aliphatic imine (C=N–C) groups is 1. The summed E-state index contributed by atoms with van der Waals surface area (Å²) in [5, 5.41) is 0. The Morgan fingerprint density at radius 3 is 2.60 bits per heavy atom. The lowest BCUT2D eigenvalue weighted by molar-refractivity contribution is 0.562. The molecule has 15 heavy (non-hydrogen) atoms. The van der Waals surface area contributed by atoms with Crippen LogP contribution in [0.1, 0.15) is 29.2 Å². The van der Waals surface area contributed by atoms with E-state index in [0.717, 1.165) is 11.1 Å². The minimum absolute atomic E-state index is 0.409. The Bertz CT molecular complexity index is 440. The van der Waals surface area contributed by atoms with Crippen molar-refractivity contribution in [3.05, 3.63) is 41.0 Å². The molecule has 0 atom stereocenters. The van der Waals surface area contributed by atoms with Gasteiger partial charge in [-0.25, -0.2) is 9.79 Å². The quantitative estimate of drug-likeness (QED) is 0.545. The van der Waals surface area contributed by atoms with Crippen molar-refractivity contribution < 1.29 is 4.79 Å². The molecule has 0 radical (unpaired) electrons. The lowest BCUT2D eigenvalue weighted by Crippen LogP contribution is -1.95. The molecule has 0 bridgehead atoms. The van der Waals surface area contributed by atoms with Gasteiger partial charge in [-0.15, -0.1) is 0 Å². The van der Waals surface area contributed by atoms with E-state index in [4.69, 9.17) is 0 Å². The summed E-state index contributed by atoms with van der Waals surface area (Å²) < 4.78 is 0. The predicted molar refractivity (Wildman–Crippen MR) is 62.4 cm³/mol. The third kappa shape index (κ3) is 2.42. The van der Waals surface area contributed by atoms with Gasteiger partial charge in [0.15, 0.2) is 0 Å². The molecular weight excluding hydrogens is 186 g/mol. The van der Waals surface area contributed by atoms with Crippen molar-refractivity contribution in [1.29, 1.82) is 0 Å². The van der Waals surface area contributed by atoms with Crippen LogP contribution in [0.15, 0.2) is 23.7 Å². The minimum Gasteiger partial charge on any atom is -0.211 e. The van der Waals surface area contributed by atoms with Crippen LogP contribution in [0.4, 0.5) is 0 Å². The van der Waals surface area contributed by atoms with Gasteiger partial charge in [0, 0.05) is 0 Å². The topological polar surface area (TPSA) is 29.4 Å². The monoisotopic (exact) mass is 201 g/mol. The zero-order valence-electron chi connectivity index (χ0n) is 9.42. The first-order valence-electron chi connectivity index (χ1n) is 4.86. The maximum atomic E-state index is 10.0. The van der Waals surface area contributed by atoms with Crippen molar-refractivity contribution in [2.45, 2.75) is 27.3 Å². The SMILES string of the molecule is C=C(C)c1ccc(CN=C=O)c(C)c1C. The maximum absolute atomic E-state index is 10.0. The van der Waals surface area contributed by atoms with Crippen LogP contribution in [-0.4, -0.2) is 6.08 Å². The van der Waals surface area contributed by atoms with Crippen molar-refractivity contribution >= 4 is 11.7 Å². The number of benzene rings is 1. The fourth-order valence-corrected chi connectivity index (χ4v) is 1.63. The highest BCUT2D eigenvalue weighted by molar-refractivity contribution is 5.66. The molecule has 1 rings (SSSR count). The number of hydrogen-bond donors (Lipinski definition) is 0. The molecule has 0 aliphatic rings. The maximum Gasteiger partial charge on any atom is 0.235 e. The summed E-state index contributed by atoms with van der Waals surface area (Å²) in [6, 6.07) is 4.02. The van der Waals surface area contributed by atoms with Gasteiger partial charge in [0.25, 0.3) is 0 Å². The summed E-state index contributed by atoms with van der Waals surface area (Å²) in [7, 11) is 0. The normalized spacial score (nSPS) is 9.53. The Morgan fingerprint density at radius 1 is 1.40 bits per heavy atom. The molecule has 0 N–H and O–H groups in total. The lowest BCUT2D eigenvalue weighted by Gasteiger charge is -2.11.